The Balaban J connectivity index is 1.47. The molecule has 42 heavy (non-hydrogen) atoms. The summed E-state index contributed by atoms with van der Waals surface area (Å²) in [6, 6.07) is 11.1. The first-order valence-electron chi connectivity index (χ1n) is 13.4. The maximum atomic E-state index is 13.9. The number of aryl methyl sites for hydroxylation is 2. The smallest absolute Gasteiger partial charge is 0.304 e. The number of ether oxygens (including phenoxy) is 1. The fraction of sp³-hybridized carbons (Fsp3) is 0.310. The second-order valence-corrected chi connectivity index (χ2v) is 13.7. The Bertz CT molecular complexity index is 1950. The minimum Gasteiger partial charge on any atom is -0.481 e. The lowest BCUT2D eigenvalue weighted by atomic mass is 9.84. The van der Waals surface area contributed by atoms with Crippen molar-refractivity contribution in [3.8, 4) is 5.88 Å². The molecule has 2 aromatic carbocycles. The van der Waals surface area contributed by atoms with E-state index in [0.29, 0.717) is 6.42 Å². The molecule has 0 fully saturated rings. The number of carboxylic acids is 1. The van der Waals surface area contributed by atoms with Crippen molar-refractivity contribution in [3.63, 3.8) is 0 Å². The highest BCUT2D eigenvalue weighted by Crippen LogP contribution is 2.39. The van der Waals surface area contributed by atoms with Crippen LogP contribution in [0.15, 0.2) is 52.9 Å². The molecule has 0 aliphatic carbocycles. The summed E-state index contributed by atoms with van der Waals surface area (Å²) in [6.07, 6.45) is 1.40. The number of carboxylic acid groups (broad SMARTS) is 1. The average Bonchev–Trinajstić information content (AvgIpc) is 3.56. The maximum Gasteiger partial charge on any atom is 0.304 e. The number of nitrogens with zero attached hydrogens (tertiary/aromatic N) is 5. The summed E-state index contributed by atoms with van der Waals surface area (Å²) in [7, 11) is -2.20. The van der Waals surface area contributed by atoms with Crippen LogP contribution in [-0.2, 0) is 28.4 Å². The molecule has 0 spiro atoms. The zero-order valence-corrected chi connectivity index (χ0v) is 25.5. The molecule has 6 rings (SSSR count). The molecule has 0 saturated carbocycles. The van der Waals surface area contributed by atoms with E-state index in [4.69, 9.17) is 16.3 Å². The summed E-state index contributed by atoms with van der Waals surface area (Å²) in [4.78, 5) is 16.2. The van der Waals surface area contributed by atoms with Gasteiger partial charge in [0.25, 0.3) is 0 Å². The van der Waals surface area contributed by atoms with Gasteiger partial charge in [0.1, 0.15) is 16.5 Å². The third-order valence-electron chi connectivity index (χ3n) is 7.78. The highest BCUT2D eigenvalue weighted by atomic mass is 35.5. The van der Waals surface area contributed by atoms with Gasteiger partial charge in [-0.1, -0.05) is 35.9 Å². The predicted octanol–water partition coefficient (Wildman–Crippen LogP) is 5.51. The highest BCUT2D eigenvalue weighted by molar-refractivity contribution is 7.89. The first-order chi connectivity index (χ1) is 20.1. The maximum absolute atomic E-state index is 13.9. The molecule has 0 radical (unpaired) electrons. The molecule has 1 aliphatic heterocycles. The number of benzene rings is 2. The molecular formula is C29H28ClN5O5S2. The van der Waals surface area contributed by atoms with Gasteiger partial charge in [-0.2, -0.15) is 4.31 Å². The van der Waals surface area contributed by atoms with E-state index >= 15 is 0 Å². The summed E-state index contributed by atoms with van der Waals surface area (Å²) in [5.74, 6) is -1.39. The van der Waals surface area contributed by atoms with Crippen LogP contribution < -0.4 is 4.74 Å². The van der Waals surface area contributed by atoms with Crippen LogP contribution >= 0.6 is 22.9 Å². The van der Waals surface area contributed by atoms with Gasteiger partial charge in [-0.15, -0.1) is 16.4 Å². The van der Waals surface area contributed by atoms with Crippen LogP contribution in [0.25, 0.3) is 21.1 Å². The Hall–Kier alpha value is -3.58. The van der Waals surface area contributed by atoms with Gasteiger partial charge in [0.2, 0.25) is 15.9 Å². The standard InChI is InChI=1S/C29H28ClN5O5S2/c1-4-21-15-35(42(38,39)25-11-20(30)13-31-29(25)40-21)14-19-10-18(9-17-7-8-41-28(17)19)23(12-26(36)37)22-5-6-24-27(16(22)2)32-33-34(24)3/h5-11,13,21,23H,4,12,14-15H2,1-3H3,(H,36,37)/t21-,23+/m1/s1. The highest BCUT2D eigenvalue weighted by Gasteiger charge is 2.36. The number of halogens is 1. The van der Waals surface area contributed by atoms with Crippen LogP contribution in [0.1, 0.15) is 47.9 Å². The van der Waals surface area contributed by atoms with Gasteiger partial charge in [0.15, 0.2) is 0 Å². The van der Waals surface area contributed by atoms with Gasteiger partial charge in [-0.25, -0.2) is 18.1 Å². The number of hydrogen-bond acceptors (Lipinski definition) is 8. The van der Waals surface area contributed by atoms with Crippen molar-refractivity contribution in [2.24, 2.45) is 7.05 Å². The lowest BCUT2D eigenvalue weighted by Crippen LogP contribution is -2.36. The van der Waals surface area contributed by atoms with Crippen molar-refractivity contribution in [2.45, 2.75) is 50.2 Å². The van der Waals surface area contributed by atoms with Crippen LogP contribution in [0.3, 0.4) is 0 Å². The minimum absolute atomic E-state index is 0.0418. The zero-order valence-electron chi connectivity index (χ0n) is 23.1. The Morgan fingerprint density at radius 3 is 2.83 bits per heavy atom. The van der Waals surface area contributed by atoms with E-state index in [9.17, 15) is 18.3 Å². The molecule has 0 amide bonds. The molecule has 0 bridgehead atoms. The Kier molecular flexibility index (Phi) is 7.42. The van der Waals surface area contributed by atoms with E-state index in [0.717, 1.165) is 43.4 Å². The van der Waals surface area contributed by atoms with Crippen LogP contribution in [0.2, 0.25) is 5.02 Å². The van der Waals surface area contributed by atoms with Crippen molar-refractivity contribution in [1.29, 1.82) is 0 Å². The summed E-state index contributed by atoms with van der Waals surface area (Å²) in [6.45, 7) is 4.06. The molecule has 10 nitrogen and oxygen atoms in total. The second kappa shape index (κ2) is 10.9. The van der Waals surface area contributed by atoms with E-state index < -0.39 is 28.0 Å². The fourth-order valence-corrected chi connectivity index (χ4v) is 8.26. The Labute approximate surface area is 251 Å². The number of pyridine rings is 1. The fourth-order valence-electron chi connectivity index (χ4n) is 5.60. The van der Waals surface area contributed by atoms with Crippen LogP contribution in [0.4, 0.5) is 0 Å². The van der Waals surface area contributed by atoms with E-state index in [-0.39, 0.29) is 35.3 Å². The van der Waals surface area contributed by atoms with Gasteiger partial charge >= 0.3 is 5.97 Å². The largest absolute Gasteiger partial charge is 0.481 e. The minimum atomic E-state index is -4.01. The van der Waals surface area contributed by atoms with Crippen LogP contribution in [0, 0.1) is 6.92 Å². The third kappa shape index (κ3) is 5.02. The number of fused-ring (bicyclic) bond motifs is 3. The van der Waals surface area contributed by atoms with Gasteiger partial charge in [0, 0.05) is 30.4 Å². The monoisotopic (exact) mass is 625 g/mol. The Morgan fingerprint density at radius 1 is 1.26 bits per heavy atom. The van der Waals surface area contributed by atoms with Gasteiger partial charge < -0.3 is 9.84 Å². The first-order valence-corrected chi connectivity index (χ1v) is 16.1. The quantitative estimate of drug-likeness (QED) is 0.251. The van der Waals surface area contributed by atoms with Crippen LogP contribution in [0.5, 0.6) is 5.88 Å². The lowest BCUT2D eigenvalue weighted by Gasteiger charge is -2.24. The summed E-state index contributed by atoms with van der Waals surface area (Å²) >= 11 is 7.66. The van der Waals surface area contributed by atoms with Crippen molar-refractivity contribution in [1.82, 2.24) is 24.3 Å². The van der Waals surface area contributed by atoms with E-state index in [1.165, 1.54) is 27.9 Å². The zero-order chi connectivity index (χ0) is 29.8. The third-order valence-corrected chi connectivity index (χ3v) is 10.8. The topological polar surface area (TPSA) is 128 Å². The number of aliphatic carboxylic acids is 1. The lowest BCUT2D eigenvalue weighted by molar-refractivity contribution is -0.137. The molecule has 5 aromatic rings. The summed E-state index contributed by atoms with van der Waals surface area (Å²) < 4.78 is 37.9. The summed E-state index contributed by atoms with van der Waals surface area (Å²) in [5.41, 5.74) is 4.83. The van der Waals surface area contributed by atoms with Crippen LogP contribution in [-0.4, -0.2) is 56.4 Å². The van der Waals surface area contributed by atoms with Gasteiger partial charge in [0.05, 0.1) is 23.5 Å². The molecule has 1 N–H and O–H groups in total. The number of carbonyl (C=O) groups is 1. The molecule has 0 unspecified atom stereocenters. The first kappa shape index (κ1) is 28.5. The average molecular weight is 626 g/mol. The molecular weight excluding hydrogens is 598 g/mol. The molecule has 2 atom stereocenters. The number of thiophene rings is 1. The predicted molar refractivity (Wildman–Crippen MR) is 161 cm³/mol. The van der Waals surface area contributed by atoms with E-state index in [2.05, 4.69) is 15.3 Å². The Morgan fingerprint density at radius 2 is 2.07 bits per heavy atom. The molecule has 13 heteroatoms. The van der Waals surface area contributed by atoms with Crippen molar-refractivity contribution >= 4 is 60.0 Å². The second-order valence-electron chi connectivity index (χ2n) is 10.4. The molecule has 3 aromatic heterocycles. The van der Waals surface area contributed by atoms with Gasteiger partial charge in [-0.05, 0) is 70.6 Å². The molecule has 4 heterocycles. The number of sulfonamides is 1. The van der Waals surface area contributed by atoms with E-state index in [1.807, 2.05) is 56.6 Å². The van der Waals surface area contributed by atoms with Gasteiger partial charge in [-0.3, -0.25) is 4.79 Å². The number of aromatic nitrogens is 4. The molecule has 0 saturated heterocycles. The van der Waals surface area contributed by atoms with Crippen molar-refractivity contribution < 1.29 is 23.1 Å². The SMILES string of the molecule is CC[C@@H]1CN(Cc2cc([C@H](CC(=O)O)c3ccc4c(nnn4C)c3C)cc3ccsc23)S(=O)(=O)c2cc(Cl)cnc2O1. The molecule has 1 aliphatic rings. The number of rotatable bonds is 7. The van der Waals surface area contributed by atoms with E-state index in [1.54, 1.807) is 4.68 Å². The normalized spacial score (nSPS) is 17.6. The van der Waals surface area contributed by atoms with Crippen molar-refractivity contribution in [3.05, 3.63) is 75.3 Å². The number of hydrogen-bond donors (Lipinski definition) is 1. The molecule has 218 valence electrons. The summed E-state index contributed by atoms with van der Waals surface area (Å²) in [5, 5.41) is 21.4. The van der Waals surface area contributed by atoms with Crippen molar-refractivity contribution in [2.75, 3.05) is 6.54 Å².